The summed E-state index contributed by atoms with van der Waals surface area (Å²) >= 11 is 0. The van der Waals surface area contributed by atoms with Gasteiger partial charge in [-0.3, -0.25) is 9.59 Å². The van der Waals surface area contributed by atoms with E-state index in [9.17, 15) is 19.1 Å². The largest absolute Gasteiger partial charge is 0.497 e. The average molecular weight is 375 g/mol. The summed E-state index contributed by atoms with van der Waals surface area (Å²) in [4.78, 5) is 24.0. The summed E-state index contributed by atoms with van der Waals surface area (Å²) in [6.07, 6.45) is -0.329. The lowest BCUT2D eigenvalue weighted by Crippen LogP contribution is -2.33. The van der Waals surface area contributed by atoms with Crippen LogP contribution in [0.2, 0.25) is 0 Å². The molecule has 0 saturated heterocycles. The average Bonchev–Trinajstić information content (AvgIpc) is 2.65. The Kier molecular flexibility index (Phi) is 6.76. The van der Waals surface area contributed by atoms with E-state index >= 15 is 0 Å². The van der Waals surface area contributed by atoms with Crippen molar-refractivity contribution in [2.45, 2.75) is 25.3 Å². The Labute approximate surface area is 156 Å². The third-order valence-electron chi connectivity index (χ3n) is 4.25. The van der Waals surface area contributed by atoms with Crippen molar-refractivity contribution in [2.24, 2.45) is 0 Å². The van der Waals surface area contributed by atoms with Crippen LogP contribution >= 0.6 is 0 Å². The van der Waals surface area contributed by atoms with Gasteiger partial charge in [0.25, 0.3) is 0 Å². The maximum Gasteiger partial charge on any atom is 0.305 e. The van der Waals surface area contributed by atoms with Crippen molar-refractivity contribution in [3.8, 4) is 11.5 Å². The van der Waals surface area contributed by atoms with E-state index < -0.39 is 29.7 Å². The maximum absolute atomic E-state index is 13.4. The van der Waals surface area contributed by atoms with E-state index in [1.807, 2.05) is 0 Å². The smallest absolute Gasteiger partial charge is 0.305 e. The van der Waals surface area contributed by atoms with Crippen molar-refractivity contribution in [1.29, 1.82) is 0 Å². The van der Waals surface area contributed by atoms with Crippen molar-refractivity contribution in [3.05, 3.63) is 59.4 Å². The summed E-state index contributed by atoms with van der Waals surface area (Å²) in [6, 6.07) is 9.86. The van der Waals surface area contributed by atoms with E-state index in [1.54, 1.807) is 31.2 Å². The van der Waals surface area contributed by atoms with Crippen LogP contribution in [0.5, 0.6) is 11.5 Å². The molecular weight excluding hydrogens is 353 g/mol. The molecule has 1 amide bonds. The molecule has 2 N–H and O–H groups in total. The quantitative estimate of drug-likeness (QED) is 0.740. The van der Waals surface area contributed by atoms with Crippen LogP contribution in [-0.2, 0) is 9.59 Å². The number of hydrogen-bond acceptors (Lipinski definition) is 4. The van der Waals surface area contributed by atoms with E-state index in [-0.39, 0.29) is 6.42 Å². The molecule has 0 fully saturated rings. The number of benzene rings is 2. The molecule has 0 aliphatic rings. The third-order valence-corrected chi connectivity index (χ3v) is 4.25. The molecule has 144 valence electrons. The van der Waals surface area contributed by atoms with E-state index in [2.05, 4.69) is 5.32 Å². The highest BCUT2D eigenvalue weighted by atomic mass is 19.1. The highest BCUT2D eigenvalue weighted by Gasteiger charge is 2.25. The second-order valence-electron chi connectivity index (χ2n) is 6.04. The molecule has 2 unspecified atom stereocenters. The number of carbonyl (C=O) groups excluding carboxylic acids is 1. The standard InChI is InChI=1S/C20H22FNO5/c1-12(13-5-4-6-14(21)9-13)20(25)22-17(11-19(23)24)16-8-7-15(26-2)10-18(16)27-3/h4-10,12,17H,11H2,1-3H3,(H,22,25)(H,23,24). The molecule has 2 atom stereocenters. The Balaban J connectivity index is 2.29. The number of carboxylic acid groups (broad SMARTS) is 1. The van der Waals surface area contributed by atoms with Gasteiger partial charge in [-0.2, -0.15) is 0 Å². The number of amides is 1. The predicted octanol–water partition coefficient (Wildman–Crippen LogP) is 3.28. The van der Waals surface area contributed by atoms with Crippen LogP contribution in [0.25, 0.3) is 0 Å². The fraction of sp³-hybridized carbons (Fsp3) is 0.300. The van der Waals surface area contributed by atoms with Gasteiger partial charge in [0.15, 0.2) is 0 Å². The van der Waals surface area contributed by atoms with Crippen LogP contribution in [-0.4, -0.2) is 31.2 Å². The first-order valence-electron chi connectivity index (χ1n) is 8.35. The van der Waals surface area contributed by atoms with Gasteiger partial charge in [0, 0.05) is 11.6 Å². The van der Waals surface area contributed by atoms with Crippen LogP contribution in [0.1, 0.15) is 36.4 Å². The maximum atomic E-state index is 13.4. The molecule has 0 aromatic heterocycles. The molecule has 0 saturated carbocycles. The number of carbonyl (C=O) groups is 2. The van der Waals surface area contributed by atoms with Gasteiger partial charge >= 0.3 is 5.97 Å². The predicted molar refractivity (Wildman–Crippen MR) is 97.5 cm³/mol. The van der Waals surface area contributed by atoms with Crippen molar-refractivity contribution < 1.29 is 28.6 Å². The molecule has 2 aromatic rings. The first kappa shape index (κ1) is 20.2. The van der Waals surface area contributed by atoms with Crippen molar-refractivity contribution in [2.75, 3.05) is 14.2 Å². The molecule has 2 rings (SSSR count). The summed E-state index contributed by atoms with van der Waals surface area (Å²) in [7, 11) is 2.96. The highest BCUT2D eigenvalue weighted by Crippen LogP contribution is 2.31. The molecule has 6 nitrogen and oxygen atoms in total. The zero-order chi connectivity index (χ0) is 20.0. The summed E-state index contributed by atoms with van der Waals surface area (Å²) in [5.41, 5.74) is 1.02. The lowest BCUT2D eigenvalue weighted by atomic mass is 9.97. The molecule has 0 aliphatic carbocycles. The zero-order valence-corrected chi connectivity index (χ0v) is 15.4. The van der Waals surface area contributed by atoms with Crippen LogP contribution < -0.4 is 14.8 Å². The Bertz CT molecular complexity index is 824. The molecule has 0 spiro atoms. The van der Waals surface area contributed by atoms with Gasteiger partial charge in [0.2, 0.25) is 5.91 Å². The molecule has 2 aromatic carbocycles. The third kappa shape index (κ3) is 5.20. The van der Waals surface area contributed by atoms with E-state index in [1.165, 1.54) is 32.4 Å². The van der Waals surface area contributed by atoms with Gasteiger partial charge in [0.1, 0.15) is 17.3 Å². The molecule has 0 bridgehead atoms. The van der Waals surface area contributed by atoms with Gasteiger partial charge in [0.05, 0.1) is 32.6 Å². The summed E-state index contributed by atoms with van der Waals surface area (Å²) in [6.45, 7) is 1.63. The van der Waals surface area contributed by atoms with Gasteiger partial charge in [-0.05, 0) is 36.8 Å². The highest BCUT2D eigenvalue weighted by molar-refractivity contribution is 5.84. The Morgan fingerprint density at radius 2 is 1.89 bits per heavy atom. The number of methoxy groups -OCH3 is 2. The van der Waals surface area contributed by atoms with Crippen molar-refractivity contribution in [3.63, 3.8) is 0 Å². The normalized spacial score (nSPS) is 12.7. The molecule has 0 radical (unpaired) electrons. The fourth-order valence-corrected chi connectivity index (χ4v) is 2.74. The van der Waals surface area contributed by atoms with E-state index in [0.717, 1.165) is 0 Å². The second-order valence-corrected chi connectivity index (χ2v) is 6.04. The lowest BCUT2D eigenvalue weighted by Gasteiger charge is -2.22. The molecular formula is C20H22FNO5. The summed E-state index contributed by atoms with van der Waals surface area (Å²) < 4.78 is 23.9. The van der Waals surface area contributed by atoms with Crippen LogP contribution in [0, 0.1) is 5.82 Å². The summed E-state index contributed by atoms with van der Waals surface area (Å²) in [5, 5.41) is 12.0. The number of halogens is 1. The van der Waals surface area contributed by atoms with Crippen LogP contribution in [0.15, 0.2) is 42.5 Å². The van der Waals surface area contributed by atoms with Gasteiger partial charge in [-0.25, -0.2) is 4.39 Å². The van der Waals surface area contributed by atoms with Crippen molar-refractivity contribution >= 4 is 11.9 Å². The number of ether oxygens (including phenoxy) is 2. The second kappa shape index (κ2) is 9.02. The number of carboxylic acids is 1. The van der Waals surface area contributed by atoms with Crippen LogP contribution in [0.3, 0.4) is 0 Å². The Morgan fingerprint density at radius 1 is 1.15 bits per heavy atom. The molecule has 0 aliphatic heterocycles. The Morgan fingerprint density at radius 3 is 2.48 bits per heavy atom. The van der Waals surface area contributed by atoms with Gasteiger partial charge in [-0.1, -0.05) is 12.1 Å². The molecule has 7 heteroatoms. The van der Waals surface area contributed by atoms with E-state index in [4.69, 9.17) is 9.47 Å². The monoisotopic (exact) mass is 375 g/mol. The first-order chi connectivity index (χ1) is 12.8. The molecule has 27 heavy (non-hydrogen) atoms. The number of nitrogens with one attached hydrogen (secondary N) is 1. The number of hydrogen-bond donors (Lipinski definition) is 2. The zero-order valence-electron chi connectivity index (χ0n) is 15.4. The van der Waals surface area contributed by atoms with Crippen LogP contribution in [0.4, 0.5) is 4.39 Å². The SMILES string of the molecule is COc1ccc(C(CC(=O)O)NC(=O)C(C)c2cccc(F)c2)c(OC)c1. The first-order valence-corrected chi connectivity index (χ1v) is 8.35. The van der Waals surface area contributed by atoms with E-state index in [0.29, 0.717) is 22.6 Å². The van der Waals surface area contributed by atoms with Gasteiger partial charge < -0.3 is 19.9 Å². The molecule has 0 heterocycles. The van der Waals surface area contributed by atoms with Gasteiger partial charge in [-0.15, -0.1) is 0 Å². The summed E-state index contributed by atoms with van der Waals surface area (Å²) in [5.74, 6) is -1.63. The topological polar surface area (TPSA) is 84.9 Å². The minimum Gasteiger partial charge on any atom is -0.497 e. The fourth-order valence-electron chi connectivity index (χ4n) is 2.74. The van der Waals surface area contributed by atoms with Crippen molar-refractivity contribution in [1.82, 2.24) is 5.32 Å². The number of aliphatic carboxylic acids is 1. The number of rotatable bonds is 8. The minimum absolute atomic E-state index is 0.329. The minimum atomic E-state index is -1.07. The Hall–Kier alpha value is -3.09. The lowest BCUT2D eigenvalue weighted by molar-refractivity contribution is -0.137.